The minimum absolute atomic E-state index is 0.195. The zero-order valence-corrected chi connectivity index (χ0v) is 14.0. The Balaban J connectivity index is 1.65. The Morgan fingerprint density at radius 1 is 1.00 bits per heavy atom. The summed E-state index contributed by atoms with van der Waals surface area (Å²) in [5, 5.41) is 1.88. The zero-order valence-electron chi connectivity index (χ0n) is 13.2. The largest absolute Gasteiger partial charge is 0.383 e. The number of anilines is 2. The van der Waals surface area contributed by atoms with Crippen molar-refractivity contribution >= 4 is 55.1 Å². The number of nitrogen functional groups attached to an aromatic ring is 2. The van der Waals surface area contributed by atoms with Gasteiger partial charge in [-0.1, -0.05) is 6.07 Å². The number of fused-ring (bicyclic) bond motifs is 4. The molecule has 0 aliphatic rings. The maximum absolute atomic E-state index is 6.09. The van der Waals surface area contributed by atoms with E-state index in [2.05, 4.69) is 50.0 Å². The first-order valence-electron chi connectivity index (χ1n) is 7.82. The highest BCUT2D eigenvalue weighted by Gasteiger charge is 2.11. The van der Waals surface area contributed by atoms with Crippen LogP contribution in [0.1, 0.15) is 5.56 Å². The van der Waals surface area contributed by atoms with Crippen molar-refractivity contribution in [3.8, 4) is 0 Å². The number of hydrogen-bond donors (Lipinski definition) is 2. The van der Waals surface area contributed by atoms with Crippen molar-refractivity contribution in [1.82, 2.24) is 19.5 Å². The fourth-order valence-corrected chi connectivity index (χ4v) is 3.95. The summed E-state index contributed by atoms with van der Waals surface area (Å²) in [4.78, 5) is 12.8. The Kier molecular flexibility index (Phi) is 2.92. The maximum Gasteiger partial charge on any atom is 0.222 e. The normalized spacial score (nSPS) is 11.7. The van der Waals surface area contributed by atoms with Gasteiger partial charge >= 0.3 is 0 Å². The van der Waals surface area contributed by atoms with Gasteiger partial charge in [-0.05, 0) is 35.9 Å². The van der Waals surface area contributed by atoms with Crippen LogP contribution in [-0.4, -0.2) is 19.5 Å². The average molecular weight is 346 g/mol. The molecule has 0 aliphatic heterocycles. The SMILES string of the molecule is Nc1nc(N)c2c(ccc3c2ccn3Cc2ccc3scnc3c2)n1. The molecule has 25 heavy (non-hydrogen) atoms. The molecule has 6 nitrogen and oxygen atoms in total. The fourth-order valence-electron chi connectivity index (χ4n) is 3.29. The summed E-state index contributed by atoms with van der Waals surface area (Å²) >= 11 is 1.65. The van der Waals surface area contributed by atoms with E-state index < -0.39 is 0 Å². The van der Waals surface area contributed by atoms with Crippen molar-refractivity contribution in [2.45, 2.75) is 6.54 Å². The van der Waals surface area contributed by atoms with Crippen LogP contribution in [-0.2, 0) is 6.54 Å². The molecule has 0 unspecified atom stereocenters. The van der Waals surface area contributed by atoms with E-state index in [0.29, 0.717) is 5.82 Å². The molecule has 0 radical (unpaired) electrons. The molecular weight excluding hydrogens is 332 g/mol. The van der Waals surface area contributed by atoms with Crippen molar-refractivity contribution in [1.29, 1.82) is 0 Å². The van der Waals surface area contributed by atoms with Crippen LogP contribution in [0.2, 0.25) is 0 Å². The predicted molar refractivity (Wildman–Crippen MR) is 103 cm³/mol. The lowest BCUT2D eigenvalue weighted by atomic mass is 10.1. The van der Waals surface area contributed by atoms with Crippen molar-refractivity contribution < 1.29 is 0 Å². The van der Waals surface area contributed by atoms with Gasteiger partial charge in [0.2, 0.25) is 5.95 Å². The molecule has 0 bridgehead atoms. The molecule has 0 saturated heterocycles. The van der Waals surface area contributed by atoms with Crippen molar-refractivity contribution in [2.75, 3.05) is 11.5 Å². The summed E-state index contributed by atoms with van der Waals surface area (Å²) in [5.74, 6) is 0.607. The molecule has 0 atom stereocenters. The molecule has 7 heteroatoms. The number of benzene rings is 2. The van der Waals surface area contributed by atoms with Gasteiger partial charge in [-0.2, -0.15) is 4.98 Å². The highest BCUT2D eigenvalue weighted by molar-refractivity contribution is 7.16. The molecule has 2 aromatic carbocycles. The summed E-state index contributed by atoms with van der Waals surface area (Å²) in [6, 6.07) is 12.4. The minimum Gasteiger partial charge on any atom is -0.383 e. The van der Waals surface area contributed by atoms with Crippen LogP contribution >= 0.6 is 11.3 Å². The zero-order chi connectivity index (χ0) is 17.0. The monoisotopic (exact) mass is 346 g/mol. The third-order valence-electron chi connectivity index (χ3n) is 4.40. The number of rotatable bonds is 2. The molecule has 0 spiro atoms. The van der Waals surface area contributed by atoms with Crippen LogP contribution in [0.5, 0.6) is 0 Å². The molecule has 0 amide bonds. The van der Waals surface area contributed by atoms with Crippen LogP contribution in [0.15, 0.2) is 48.1 Å². The van der Waals surface area contributed by atoms with Crippen LogP contribution in [0.3, 0.4) is 0 Å². The summed E-state index contributed by atoms with van der Waals surface area (Å²) < 4.78 is 3.40. The van der Waals surface area contributed by atoms with Gasteiger partial charge in [-0.3, -0.25) is 0 Å². The lowest BCUT2D eigenvalue weighted by Gasteiger charge is -2.08. The fraction of sp³-hybridized carbons (Fsp3) is 0.0556. The first-order chi connectivity index (χ1) is 12.2. The molecule has 0 fully saturated rings. The summed E-state index contributed by atoms with van der Waals surface area (Å²) in [6.45, 7) is 0.762. The topological polar surface area (TPSA) is 95.6 Å². The number of nitrogens with zero attached hydrogens (tertiary/aromatic N) is 4. The lowest BCUT2D eigenvalue weighted by Crippen LogP contribution is -2.01. The number of nitrogens with two attached hydrogens (primary N) is 2. The minimum atomic E-state index is 0.195. The standard InChI is InChI=1S/C18H14N6S/c19-17-16-11-5-6-24(14(11)3-2-12(16)22-18(20)23-17)8-10-1-4-15-13(7-10)21-9-25-15/h1-7,9H,8H2,(H4,19,20,22,23). The molecule has 122 valence electrons. The highest BCUT2D eigenvalue weighted by atomic mass is 32.1. The van der Waals surface area contributed by atoms with Crippen LogP contribution in [0.25, 0.3) is 32.0 Å². The summed E-state index contributed by atoms with van der Waals surface area (Å²) in [7, 11) is 0. The van der Waals surface area contributed by atoms with Crippen molar-refractivity contribution in [3.05, 3.63) is 53.7 Å². The van der Waals surface area contributed by atoms with Crippen LogP contribution < -0.4 is 11.5 Å². The van der Waals surface area contributed by atoms with E-state index in [-0.39, 0.29) is 5.95 Å². The van der Waals surface area contributed by atoms with E-state index in [1.165, 1.54) is 10.3 Å². The van der Waals surface area contributed by atoms with Gasteiger partial charge in [-0.15, -0.1) is 11.3 Å². The molecule has 3 heterocycles. The van der Waals surface area contributed by atoms with Gasteiger partial charge in [0.15, 0.2) is 0 Å². The Morgan fingerprint density at radius 2 is 1.92 bits per heavy atom. The average Bonchev–Trinajstić information content (AvgIpc) is 3.21. The molecular formula is C18H14N6S. The highest BCUT2D eigenvalue weighted by Crippen LogP contribution is 2.30. The van der Waals surface area contributed by atoms with Gasteiger partial charge in [0.05, 0.1) is 26.6 Å². The molecule has 0 saturated carbocycles. The van der Waals surface area contributed by atoms with E-state index in [1.807, 2.05) is 17.6 Å². The van der Waals surface area contributed by atoms with Crippen LogP contribution in [0.4, 0.5) is 11.8 Å². The molecule has 5 rings (SSSR count). The van der Waals surface area contributed by atoms with Crippen molar-refractivity contribution in [2.24, 2.45) is 0 Å². The van der Waals surface area contributed by atoms with Crippen LogP contribution in [0, 0.1) is 0 Å². The Labute approximate surface area is 146 Å². The van der Waals surface area contributed by atoms with Gasteiger partial charge in [0.25, 0.3) is 0 Å². The summed E-state index contributed by atoms with van der Waals surface area (Å²) in [5.41, 5.74) is 17.8. The Morgan fingerprint density at radius 3 is 2.84 bits per heavy atom. The predicted octanol–water partition coefficient (Wildman–Crippen LogP) is 3.41. The lowest BCUT2D eigenvalue weighted by molar-refractivity contribution is 0.838. The van der Waals surface area contributed by atoms with E-state index in [0.717, 1.165) is 33.9 Å². The second-order valence-corrected chi connectivity index (χ2v) is 6.84. The third kappa shape index (κ3) is 2.20. The van der Waals surface area contributed by atoms with E-state index in [9.17, 15) is 0 Å². The van der Waals surface area contributed by atoms with E-state index in [4.69, 9.17) is 11.5 Å². The number of aromatic nitrogens is 4. The molecule has 5 aromatic rings. The number of hydrogen-bond acceptors (Lipinski definition) is 6. The maximum atomic E-state index is 6.09. The quantitative estimate of drug-likeness (QED) is 0.511. The summed E-state index contributed by atoms with van der Waals surface area (Å²) in [6.07, 6.45) is 2.06. The molecule has 0 aliphatic carbocycles. The van der Waals surface area contributed by atoms with E-state index in [1.54, 1.807) is 11.3 Å². The smallest absolute Gasteiger partial charge is 0.222 e. The van der Waals surface area contributed by atoms with E-state index >= 15 is 0 Å². The Bertz CT molecular complexity index is 1250. The first-order valence-corrected chi connectivity index (χ1v) is 8.70. The van der Waals surface area contributed by atoms with Gasteiger partial charge in [0, 0.05) is 23.6 Å². The second-order valence-electron chi connectivity index (χ2n) is 5.96. The second kappa shape index (κ2) is 5.15. The molecule has 3 aromatic heterocycles. The third-order valence-corrected chi connectivity index (χ3v) is 5.21. The van der Waals surface area contributed by atoms with Gasteiger partial charge in [0.1, 0.15) is 5.82 Å². The van der Waals surface area contributed by atoms with Gasteiger partial charge < -0.3 is 16.0 Å². The number of thiazole rings is 1. The first kappa shape index (κ1) is 14.2. The Hall–Kier alpha value is -3.19. The van der Waals surface area contributed by atoms with Gasteiger partial charge in [-0.25, -0.2) is 9.97 Å². The van der Waals surface area contributed by atoms with Crippen molar-refractivity contribution in [3.63, 3.8) is 0 Å². The molecule has 4 N–H and O–H groups in total.